The van der Waals surface area contributed by atoms with Gasteiger partial charge in [-0.3, -0.25) is 9.59 Å². The number of rotatable bonds is 3. The van der Waals surface area contributed by atoms with Crippen LogP contribution in [0.1, 0.15) is 31.1 Å². The van der Waals surface area contributed by atoms with Crippen LogP contribution in [0.2, 0.25) is 0 Å². The van der Waals surface area contributed by atoms with Crippen LogP contribution >= 0.6 is 0 Å². The van der Waals surface area contributed by atoms with Gasteiger partial charge in [-0.15, -0.1) is 0 Å². The summed E-state index contributed by atoms with van der Waals surface area (Å²) in [6.07, 6.45) is 5.40. The van der Waals surface area contributed by atoms with Gasteiger partial charge < -0.3 is 19.1 Å². The first-order chi connectivity index (χ1) is 11.6. The average Bonchev–Trinajstić information content (AvgIpc) is 3.21. The molecule has 0 N–H and O–H groups in total. The molecule has 3 aliphatic heterocycles. The molecule has 0 bridgehead atoms. The van der Waals surface area contributed by atoms with Gasteiger partial charge in [-0.25, -0.2) is 4.98 Å². The molecule has 3 fully saturated rings. The van der Waals surface area contributed by atoms with Crippen LogP contribution in [0.5, 0.6) is 0 Å². The van der Waals surface area contributed by atoms with E-state index in [4.69, 9.17) is 4.42 Å². The van der Waals surface area contributed by atoms with Crippen molar-refractivity contribution in [3.63, 3.8) is 0 Å². The molecule has 4 heterocycles. The lowest BCUT2D eigenvalue weighted by molar-refractivity contribution is -0.137. The van der Waals surface area contributed by atoms with Crippen LogP contribution in [-0.2, 0) is 9.59 Å². The minimum Gasteiger partial charge on any atom is -0.449 e. The van der Waals surface area contributed by atoms with E-state index in [0.29, 0.717) is 24.9 Å². The van der Waals surface area contributed by atoms with Gasteiger partial charge in [0.2, 0.25) is 11.8 Å². The van der Waals surface area contributed by atoms with E-state index < -0.39 is 0 Å². The lowest BCUT2D eigenvalue weighted by Crippen LogP contribution is -2.58. The number of hydrogen-bond donors (Lipinski definition) is 0. The first-order valence-electron chi connectivity index (χ1n) is 8.78. The molecule has 0 radical (unpaired) electrons. The highest BCUT2D eigenvalue weighted by molar-refractivity contribution is 5.89. The summed E-state index contributed by atoms with van der Waals surface area (Å²) in [5.41, 5.74) is 0. The van der Waals surface area contributed by atoms with Crippen LogP contribution < -0.4 is 0 Å². The van der Waals surface area contributed by atoms with Gasteiger partial charge in [0, 0.05) is 45.1 Å². The molecule has 1 atom stereocenters. The highest BCUT2D eigenvalue weighted by atomic mass is 16.3. The molecule has 3 saturated heterocycles. The van der Waals surface area contributed by atoms with Gasteiger partial charge in [-0.05, 0) is 19.9 Å². The maximum atomic E-state index is 12.8. The second kappa shape index (κ2) is 6.20. The Morgan fingerprint density at radius 1 is 1.25 bits per heavy atom. The fourth-order valence-electron chi connectivity index (χ4n) is 4.15. The third-order valence-electron chi connectivity index (χ3n) is 5.60. The number of aromatic nitrogens is 1. The second-order valence-electron chi connectivity index (χ2n) is 7.29. The van der Waals surface area contributed by atoms with Crippen molar-refractivity contribution in [1.82, 2.24) is 19.7 Å². The number of piperidine rings is 1. The van der Waals surface area contributed by atoms with Gasteiger partial charge in [0.15, 0.2) is 5.89 Å². The summed E-state index contributed by atoms with van der Waals surface area (Å²) in [5, 5.41) is 0. The van der Waals surface area contributed by atoms with E-state index in [1.165, 1.54) is 0 Å². The lowest BCUT2D eigenvalue weighted by Gasteiger charge is -2.42. The van der Waals surface area contributed by atoms with Crippen molar-refractivity contribution in [2.75, 3.05) is 39.8 Å². The molecule has 1 aromatic rings. The predicted octanol–water partition coefficient (Wildman–Crippen LogP) is 0.543. The van der Waals surface area contributed by atoms with Crippen molar-refractivity contribution in [3.8, 4) is 0 Å². The third-order valence-corrected chi connectivity index (χ3v) is 5.60. The van der Waals surface area contributed by atoms with Gasteiger partial charge in [0.1, 0.15) is 6.26 Å². The molecular formula is C17H24N4O3. The van der Waals surface area contributed by atoms with Crippen molar-refractivity contribution >= 4 is 11.8 Å². The Hall–Kier alpha value is -1.89. The number of likely N-dealkylation sites (tertiary alicyclic amines) is 3. The molecule has 0 aromatic carbocycles. The summed E-state index contributed by atoms with van der Waals surface area (Å²) in [7, 11) is 2.05. The van der Waals surface area contributed by atoms with Gasteiger partial charge in [0.25, 0.3) is 0 Å². The van der Waals surface area contributed by atoms with E-state index >= 15 is 0 Å². The van der Waals surface area contributed by atoms with Crippen LogP contribution in [0.15, 0.2) is 16.9 Å². The Balaban J connectivity index is 1.31. The summed E-state index contributed by atoms with van der Waals surface area (Å²) in [6, 6.07) is 0.302. The summed E-state index contributed by atoms with van der Waals surface area (Å²) < 4.78 is 5.38. The Bertz CT molecular complexity index is 603. The van der Waals surface area contributed by atoms with E-state index in [1.54, 1.807) is 12.5 Å². The van der Waals surface area contributed by atoms with Gasteiger partial charge in [0.05, 0.1) is 18.2 Å². The van der Waals surface area contributed by atoms with Crippen LogP contribution in [0.3, 0.4) is 0 Å². The second-order valence-corrected chi connectivity index (χ2v) is 7.29. The maximum absolute atomic E-state index is 12.8. The number of oxazole rings is 1. The normalized spacial score (nSPS) is 26.9. The molecule has 3 aliphatic rings. The van der Waals surface area contributed by atoms with Crippen LogP contribution in [0.25, 0.3) is 0 Å². The first-order valence-corrected chi connectivity index (χ1v) is 8.78. The first kappa shape index (κ1) is 15.6. The van der Waals surface area contributed by atoms with Crippen LogP contribution in [0.4, 0.5) is 0 Å². The van der Waals surface area contributed by atoms with Crippen molar-refractivity contribution in [1.29, 1.82) is 0 Å². The number of carbonyl (C=O) groups excluding carboxylic acids is 2. The van der Waals surface area contributed by atoms with Gasteiger partial charge >= 0.3 is 0 Å². The van der Waals surface area contributed by atoms with Crippen LogP contribution in [0, 0.1) is 5.92 Å². The number of nitrogens with zero attached hydrogens (tertiary/aromatic N) is 4. The molecule has 7 heteroatoms. The quantitative estimate of drug-likeness (QED) is 0.808. The van der Waals surface area contributed by atoms with Crippen molar-refractivity contribution in [2.45, 2.75) is 31.2 Å². The number of amides is 2. The minimum absolute atomic E-state index is 0.140. The third kappa shape index (κ3) is 2.81. The fourth-order valence-corrected chi connectivity index (χ4v) is 4.15. The SMILES string of the molecule is CN1CC(N2CC(C(=O)N3CCC(c4ncco4)CC3)CC2=O)C1. The van der Waals surface area contributed by atoms with E-state index in [9.17, 15) is 9.59 Å². The minimum atomic E-state index is -0.165. The standard InChI is InChI=1S/C17H24N4O3/c1-19-10-14(11-19)21-9-13(8-15(21)22)17(23)20-5-2-12(3-6-20)16-18-4-7-24-16/h4,7,12-14H,2-3,5-6,8-11H2,1H3. The summed E-state index contributed by atoms with van der Waals surface area (Å²) in [4.78, 5) is 35.3. The molecule has 1 unspecified atom stereocenters. The van der Waals surface area contributed by atoms with E-state index in [-0.39, 0.29) is 17.7 Å². The summed E-state index contributed by atoms with van der Waals surface area (Å²) in [6.45, 7) is 3.89. The largest absolute Gasteiger partial charge is 0.449 e. The number of carbonyl (C=O) groups is 2. The van der Waals surface area contributed by atoms with Gasteiger partial charge in [-0.1, -0.05) is 0 Å². The van der Waals surface area contributed by atoms with Crippen molar-refractivity contribution < 1.29 is 14.0 Å². The highest BCUT2D eigenvalue weighted by Gasteiger charge is 2.42. The predicted molar refractivity (Wildman–Crippen MR) is 86.2 cm³/mol. The summed E-state index contributed by atoms with van der Waals surface area (Å²) in [5.74, 6) is 1.20. The van der Waals surface area contributed by atoms with Crippen LogP contribution in [-0.4, -0.2) is 77.3 Å². The van der Waals surface area contributed by atoms with E-state index in [1.807, 2.05) is 9.80 Å². The molecule has 130 valence electrons. The fraction of sp³-hybridized carbons (Fsp3) is 0.706. The topological polar surface area (TPSA) is 69.9 Å². The van der Waals surface area contributed by atoms with Crippen molar-refractivity contribution in [2.24, 2.45) is 5.92 Å². The lowest BCUT2D eigenvalue weighted by atomic mass is 9.95. The molecule has 0 saturated carbocycles. The number of hydrogen-bond acceptors (Lipinski definition) is 5. The maximum Gasteiger partial charge on any atom is 0.227 e. The molecular weight excluding hydrogens is 308 g/mol. The van der Waals surface area contributed by atoms with E-state index in [2.05, 4.69) is 16.9 Å². The average molecular weight is 332 g/mol. The zero-order valence-electron chi connectivity index (χ0n) is 14.1. The Morgan fingerprint density at radius 3 is 2.62 bits per heavy atom. The molecule has 1 aromatic heterocycles. The zero-order chi connectivity index (χ0) is 16.7. The molecule has 4 rings (SSSR count). The highest BCUT2D eigenvalue weighted by Crippen LogP contribution is 2.30. The smallest absolute Gasteiger partial charge is 0.227 e. The van der Waals surface area contributed by atoms with Gasteiger partial charge in [-0.2, -0.15) is 0 Å². The molecule has 0 aliphatic carbocycles. The Labute approximate surface area is 141 Å². The molecule has 7 nitrogen and oxygen atoms in total. The Kier molecular flexibility index (Phi) is 4.04. The summed E-state index contributed by atoms with van der Waals surface area (Å²) >= 11 is 0. The molecule has 2 amide bonds. The molecule has 24 heavy (non-hydrogen) atoms. The monoisotopic (exact) mass is 332 g/mol. The molecule has 0 spiro atoms. The zero-order valence-corrected chi connectivity index (χ0v) is 14.1. The Morgan fingerprint density at radius 2 is 2.00 bits per heavy atom. The number of likely N-dealkylation sites (N-methyl/N-ethyl adjacent to an activating group) is 1. The van der Waals surface area contributed by atoms with E-state index in [0.717, 1.165) is 44.9 Å². The van der Waals surface area contributed by atoms with Crippen molar-refractivity contribution in [3.05, 3.63) is 18.4 Å².